The lowest BCUT2D eigenvalue weighted by molar-refractivity contribution is -0.135. The molecule has 1 atom stereocenters. The summed E-state index contributed by atoms with van der Waals surface area (Å²) in [4.78, 5) is 40.7. The summed E-state index contributed by atoms with van der Waals surface area (Å²) < 4.78 is 5.62. The maximum Gasteiger partial charge on any atom is 0.258 e. The van der Waals surface area contributed by atoms with E-state index in [0.29, 0.717) is 63.0 Å². The van der Waals surface area contributed by atoms with Crippen molar-refractivity contribution < 1.29 is 14.3 Å². The van der Waals surface area contributed by atoms with Crippen LogP contribution >= 0.6 is 0 Å². The molecule has 30 heavy (non-hydrogen) atoms. The molecule has 1 unspecified atom stereocenters. The van der Waals surface area contributed by atoms with Crippen LogP contribution in [0.4, 0.5) is 5.95 Å². The standard InChI is InChI=1S/C22H27N5O3/c1-2-30-19-9-4-3-7-17(19)20(28)27-12-5-8-18(27)21(29)25-13-15-26(16-14-25)22-23-10-6-11-24-22/h3-4,6-7,9-11,18H,2,5,8,12-16H2,1H3. The molecule has 2 aromatic rings. The quantitative estimate of drug-likeness (QED) is 0.750. The smallest absolute Gasteiger partial charge is 0.258 e. The summed E-state index contributed by atoms with van der Waals surface area (Å²) in [6.07, 6.45) is 4.98. The average Bonchev–Trinajstić information content (AvgIpc) is 3.29. The number of nitrogens with zero attached hydrogens (tertiary/aromatic N) is 5. The van der Waals surface area contributed by atoms with Crippen LogP contribution in [0.15, 0.2) is 42.7 Å². The van der Waals surface area contributed by atoms with Gasteiger partial charge in [-0.2, -0.15) is 0 Å². The number of carbonyl (C=O) groups excluding carboxylic acids is 2. The molecule has 1 aromatic heterocycles. The van der Waals surface area contributed by atoms with Crippen LogP contribution in [-0.2, 0) is 4.79 Å². The zero-order chi connectivity index (χ0) is 20.9. The SMILES string of the molecule is CCOc1ccccc1C(=O)N1CCCC1C(=O)N1CCN(c2ncccn2)CC1. The molecule has 158 valence electrons. The van der Waals surface area contributed by atoms with Crippen molar-refractivity contribution in [2.24, 2.45) is 0 Å². The monoisotopic (exact) mass is 409 g/mol. The lowest BCUT2D eigenvalue weighted by atomic mass is 10.1. The number of para-hydroxylation sites is 1. The van der Waals surface area contributed by atoms with Crippen molar-refractivity contribution in [3.8, 4) is 5.75 Å². The van der Waals surface area contributed by atoms with Gasteiger partial charge in [0.05, 0.1) is 12.2 Å². The number of carbonyl (C=O) groups is 2. The minimum atomic E-state index is -0.410. The Labute approximate surface area is 176 Å². The normalized spacial score (nSPS) is 19.1. The summed E-state index contributed by atoms with van der Waals surface area (Å²) in [6, 6.07) is 8.63. The van der Waals surface area contributed by atoms with Gasteiger partial charge >= 0.3 is 0 Å². The van der Waals surface area contributed by atoms with Crippen LogP contribution in [0.2, 0.25) is 0 Å². The second kappa shape index (κ2) is 9.11. The largest absolute Gasteiger partial charge is 0.493 e. The van der Waals surface area contributed by atoms with Crippen molar-refractivity contribution >= 4 is 17.8 Å². The van der Waals surface area contributed by atoms with Crippen molar-refractivity contribution in [2.45, 2.75) is 25.8 Å². The average molecular weight is 409 g/mol. The summed E-state index contributed by atoms with van der Waals surface area (Å²) in [6.45, 7) is 5.54. The molecule has 2 aliphatic rings. The Bertz CT molecular complexity index is 883. The third-order valence-corrected chi connectivity index (χ3v) is 5.64. The van der Waals surface area contributed by atoms with Gasteiger partial charge in [0, 0.05) is 45.1 Å². The molecular formula is C22H27N5O3. The fraction of sp³-hybridized carbons (Fsp3) is 0.455. The van der Waals surface area contributed by atoms with Gasteiger partial charge in [0.2, 0.25) is 11.9 Å². The molecule has 1 aromatic carbocycles. The fourth-order valence-electron chi connectivity index (χ4n) is 4.14. The predicted molar refractivity (Wildman–Crippen MR) is 112 cm³/mol. The molecule has 2 fully saturated rings. The number of ether oxygens (including phenoxy) is 1. The van der Waals surface area contributed by atoms with E-state index < -0.39 is 6.04 Å². The molecule has 2 saturated heterocycles. The number of amides is 2. The van der Waals surface area contributed by atoms with E-state index in [1.807, 2.05) is 24.0 Å². The number of hydrogen-bond donors (Lipinski definition) is 0. The summed E-state index contributed by atoms with van der Waals surface area (Å²) >= 11 is 0. The first kappa shape index (κ1) is 20.1. The van der Waals surface area contributed by atoms with Gasteiger partial charge in [0.1, 0.15) is 11.8 Å². The number of anilines is 1. The maximum atomic E-state index is 13.3. The van der Waals surface area contributed by atoms with Crippen LogP contribution in [0.5, 0.6) is 5.75 Å². The van der Waals surface area contributed by atoms with Gasteiger partial charge in [0.15, 0.2) is 0 Å². The van der Waals surface area contributed by atoms with E-state index in [4.69, 9.17) is 4.74 Å². The van der Waals surface area contributed by atoms with E-state index in [9.17, 15) is 9.59 Å². The van der Waals surface area contributed by atoms with Gasteiger partial charge in [0.25, 0.3) is 5.91 Å². The van der Waals surface area contributed by atoms with Gasteiger partial charge in [-0.1, -0.05) is 12.1 Å². The maximum absolute atomic E-state index is 13.3. The van der Waals surface area contributed by atoms with Crippen LogP contribution in [0.3, 0.4) is 0 Å². The van der Waals surface area contributed by atoms with Gasteiger partial charge in [-0.15, -0.1) is 0 Å². The van der Waals surface area contributed by atoms with Crippen molar-refractivity contribution in [3.63, 3.8) is 0 Å². The highest BCUT2D eigenvalue weighted by Crippen LogP contribution is 2.26. The molecule has 0 aliphatic carbocycles. The van der Waals surface area contributed by atoms with Gasteiger partial charge < -0.3 is 19.4 Å². The number of hydrogen-bond acceptors (Lipinski definition) is 6. The Kier molecular flexibility index (Phi) is 6.11. The Morgan fingerprint density at radius 2 is 1.77 bits per heavy atom. The first-order valence-electron chi connectivity index (χ1n) is 10.5. The van der Waals surface area contributed by atoms with Gasteiger partial charge in [-0.05, 0) is 38.0 Å². The zero-order valence-electron chi connectivity index (χ0n) is 17.2. The molecule has 0 radical (unpaired) electrons. The van der Waals surface area contributed by atoms with E-state index in [2.05, 4.69) is 14.9 Å². The molecule has 8 nitrogen and oxygen atoms in total. The number of piperazine rings is 1. The van der Waals surface area contributed by atoms with Gasteiger partial charge in [-0.25, -0.2) is 9.97 Å². The predicted octanol–water partition coefficient (Wildman–Crippen LogP) is 1.83. The molecule has 0 N–H and O–H groups in total. The Morgan fingerprint density at radius 3 is 2.50 bits per heavy atom. The minimum Gasteiger partial charge on any atom is -0.493 e. The minimum absolute atomic E-state index is 0.0309. The van der Waals surface area contributed by atoms with Crippen molar-refractivity contribution in [1.29, 1.82) is 0 Å². The van der Waals surface area contributed by atoms with E-state index in [0.717, 1.165) is 6.42 Å². The summed E-state index contributed by atoms with van der Waals surface area (Å²) in [5.41, 5.74) is 0.519. The highest BCUT2D eigenvalue weighted by atomic mass is 16.5. The van der Waals surface area contributed by atoms with Crippen LogP contribution in [0.1, 0.15) is 30.1 Å². The Balaban J connectivity index is 1.42. The fourth-order valence-corrected chi connectivity index (χ4v) is 4.14. The van der Waals surface area contributed by atoms with Crippen molar-refractivity contribution in [1.82, 2.24) is 19.8 Å². The van der Waals surface area contributed by atoms with E-state index in [-0.39, 0.29) is 11.8 Å². The van der Waals surface area contributed by atoms with E-state index in [1.54, 1.807) is 35.5 Å². The van der Waals surface area contributed by atoms with Crippen molar-refractivity contribution in [3.05, 3.63) is 48.3 Å². The first-order valence-corrected chi connectivity index (χ1v) is 10.5. The molecule has 0 saturated carbocycles. The topological polar surface area (TPSA) is 78.9 Å². The lowest BCUT2D eigenvalue weighted by Gasteiger charge is -2.37. The van der Waals surface area contributed by atoms with Crippen LogP contribution < -0.4 is 9.64 Å². The summed E-state index contributed by atoms with van der Waals surface area (Å²) in [5, 5.41) is 0. The summed E-state index contributed by atoms with van der Waals surface area (Å²) in [7, 11) is 0. The number of rotatable bonds is 5. The number of aromatic nitrogens is 2. The van der Waals surface area contributed by atoms with Crippen LogP contribution in [0, 0.1) is 0 Å². The van der Waals surface area contributed by atoms with E-state index in [1.165, 1.54) is 0 Å². The highest BCUT2D eigenvalue weighted by Gasteiger charge is 2.38. The Hall–Kier alpha value is -3.16. The number of benzene rings is 1. The van der Waals surface area contributed by atoms with Gasteiger partial charge in [-0.3, -0.25) is 9.59 Å². The van der Waals surface area contributed by atoms with Crippen LogP contribution in [0.25, 0.3) is 0 Å². The molecule has 8 heteroatoms. The molecule has 2 aliphatic heterocycles. The Morgan fingerprint density at radius 1 is 1.03 bits per heavy atom. The second-order valence-corrected chi connectivity index (χ2v) is 7.45. The third kappa shape index (κ3) is 4.08. The third-order valence-electron chi connectivity index (χ3n) is 5.64. The first-order chi connectivity index (χ1) is 14.7. The molecule has 0 bridgehead atoms. The van der Waals surface area contributed by atoms with Crippen molar-refractivity contribution in [2.75, 3.05) is 44.2 Å². The highest BCUT2D eigenvalue weighted by molar-refractivity contribution is 6.00. The molecular weight excluding hydrogens is 382 g/mol. The molecule has 0 spiro atoms. The zero-order valence-corrected chi connectivity index (χ0v) is 17.2. The second-order valence-electron chi connectivity index (χ2n) is 7.45. The molecule has 4 rings (SSSR count). The number of likely N-dealkylation sites (tertiary alicyclic amines) is 1. The molecule has 2 amide bonds. The van der Waals surface area contributed by atoms with Crippen LogP contribution in [-0.4, -0.2) is 77.0 Å². The van der Waals surface area contributed by atoms with E-state index >= 15 is 0 Å². The molecule has 3 heterocycles. The summed E-state index contributed by atoms with van der Waals surface area (Å²) in [5.74, 6) is 1.16. The lowest BCUT2D eigenvalue weighted by Crippen LogP contribution is -2.54.